The lowest BCUT2D eigenvalue weighted by atomic mass is 9.85. The Balaban J connectivity index is 0.863. The van der Waals surface area contributed by atoms with Gasteiger partial charge < -0.3 is 41.3 Å². The average molecular weight is 1040 g/mol. The van der Waals surface area contributed by atoms with E-state index in [0.717, 1.165) is 52.2 Å². The summed E-state index contributed by atoms with van der Waals surface area (Å²) < 4.78 is 46.7. The number of unbranched alkanes of at least 4 members (excludes halogenated alkanes) is 3. The first-order valence-electron chi connectivity index (χ1n) is 25.5. The number of nitrogens with two attached hydrogens (primary N) is 1. The summed E-state index contributed by atoms with van der Waals surface area (Å²) >= 11 is 1.57. The van der Waals surface area contributed by atoms with Crippen molar-refractivity contribution in [3.05, 3.63) is 93.9 Å². The van der Waals surface area contributed by atoms with Crippen LogP contribution in [-0.4, -0.2) is 98.4 Å². The van der Waals surface area contributed by atoms with Crippen molar-refractivity contribution in [2.45, 2.75) is 149 Å². The summed E-state index contributed by atoms with van der Waals surface area (Å²) in [5.41, 5.74) is 11.0. The number of hydrogen-bond donors (Lipinski definition) is 5. The molecule has 2 aliphatic heterocycles. The summed E-state index contributed by atoms with van der Waals surface area (Å²) in [5, 5.41) is 20.7. The molecule has 7 rings (SSSR count). The SMILES string of the molecule is COc1cc2nc(C)nc(N[C@H](C)c3cc(N)cc(C(F)(F)F)c3)c2cc1C1CCN(C(=O)CCCCCCC(=O)N[C@H](C(=O)N2C[C@H](O)C[C@H]2C(=O)N[C@@H](C)c2ccc(-c3scnc3C)cc2)C(C)(C)C)CC1. The molecule has 0 saturated carbocycles. The molecule has 0 radical (unpaired) electrons. The molecular weight excluding hydrogens is 972 g/mol. The van der Waals surface area contributed by atoms with Gasteiger partial charge in [0.2, 0.25) is 23.6 Å². The number of rotatable bonds is 18. The summed E-state index contributed by atoms with van der Waals surface area (Å²) in [4.78, 5) is 72.6. The van der Waals surface area contributed by atoms with Gasteiger partial charge in [-0.1, -0.05) is 57.9 Å². The van der Waals surface area contributed by atoms with Crippen LogP contribution in [0.3, 0.4) is 0 Å². The van der Waals surface area contributed by atoms with E-state index in [1.165, 1.54) is 11.0 Å². The number of carbonyl (C=O) groups is 4. The number of benzene rings is 3. The zero-order chi connectivity index (χ0) is 53.6. The van der Waals surface area contributed by atoms with Crippen LogP contribution in [-0.2, 0) is 25.4 Å². The minimum absolute atomic E-state index is 0.0105. The second kappa shape index (κ2) is 23.5. The summed E-state index contributed by atoms with van der Waals surface area (Å²) in [5.74, 6) is 0.682. The highest BCUT2D eigenvalue weighted by Crippen LogP contribution is 2.40. The van der Waals surface area contributed by atoms with Gasteiger partial charge in [-0.3, -0.25) is 19.2 Å². The molecule has 2 fully saturated rings. The van der Waals surface area contributed by atoms with Crippen LogP contribution < -0.4 is 26.4 Å². The highest BCUT2D eigenvalue weighted by Gasteiger charge is 2.45. The fraction of sp³-hybridized carbons (Fsp3) is 0.509. The number of aliphatic hydroxyl groups excluding tert-OH is 1. The van der Waals surface area contributed by atoms with Crippen LogP contribution in [0.4, 0.5) is 24.7 Å². The number of carbonyl (C=O) groups excluding carboxylic acids is 4. The summed E-state index contributed by atoms with van der Waals surface area (Å²) in [6.07, 6.45) is -0.660. The molecule has 74 heavy (non-hydrogen) atoms. The van der Waals surface area contributed by atoms with Gasteiger partial charge in [0.15, 0.2) is 0 Å². The van der Waals surface area contributed by atoms with E-state index in [1.807, 2.05) is 81.4 Å². The number of amides is 4. The molecule has 398 valence electrons. The fourth-order valence-corrected chi connectivity index (χ4v) is 10.8. The van der Waals surface area contributed by atoms with Crippen LogP contribution >= 0.6 is 11.3 Å². The topological polar surface area (TPSA) is 205 Å². The van der Waals surface area contributed by atoms with Crippen molar-refractivity contribution in [1.82, 2.24) is 35.4 Å². The smallest absolute Gasteiger partial charge is 0.416 e. The predicted molar refractivity (Wildman–Crippen MR) is 281 cm³/mol. The number of aromatic nitrogens is 3. The van der Waals surface area contributed by atoms with Crippen LogP contribution in [0.5, 0.6) is 5.75 Å². The molecule has 19 heteroatoms. The predicted octanol–water partition coefficient (Wildman–Crippen LogP) is 9.57. The molecule has 2 aromatic heterocycles. The number of piperidine rings is 1. The molecular formula is C55H70F3N9O6S. The number of likely N-dealkylation sites (tertiary alicyclic amines) is 2. The number of nitrogen functional groups attached to an aromatic ring is 1. The quantitative estimate of drug-likeness (QED) is 0.0413. The van der Waals surface area contributed by atoms with Crippen LogP contribution in [0.15, 0.2) is 60.1 Å². The molecule has 2 saturated heterocycles. The normalized spacial score (nSPS) is 17.7. The van der Waals surface area contributed by atoms with Crippen molar-refractivity contribution in [3.8, 4) is 16.2 Å². The van der Waals surface area contributed by atoms with Crippen LogP contribution in [0.25, 0.3) is 21.3 Å². The van der Waals surface area contributed by atoms with E-state index in [4.69, 9.17) is 10.5 Å². The zero-order valence-electron chi connectivity index (χ0n) is 43.6. The van der Waals surface area contributed by atoms with E-state index in [0.29, 0.717) is 79.1 Å². The first kappa shape index (κ1) is 55.4. The maximum atomic E-state index is 14.2. The molecule has 5 aromatic rings. The number of thiazole rings is 1. The van der Waals surface area contributed by atoms with Gasteiger partial charge in [-0.15, -0.1) is 11.3 Å². The molecule has 0 bridgehead atoms. The van der Waals surface area contributed by atoms with Gasteiger partial charge in [0.05, 0.1) is 52.5 Å². The lowest BCUT2D eigenvalue weighted by molar-refractivity contribution is -0.144. The first-order valence-corrected chi connectivity index (χ1v) is 26.4. The van der Waals surface area contributed by atoms with Crippen molar-refractivity contribution in [2.24, 2.45) is 5.41 Å². The van der Waals surface area contributed by atoms with Crippen molar-refractivity contribution in [2.75, 3.05) is 37.8 Å². The van der Waals surface area contributed by atoms with Crippen LogP contribution in [0.2, 0.25) is 0 Å². The van der Waals surface area contributed by atoms with E-state index >= 15 is 0 Å². The Morgan fingerprint density at radius 2 is 1.58 bits per heavy atom. The molecule has 3 aromatic carbocycles. The molecule has 2 aliphatic rings. The van der Waals surface area contributed by atoms with Crippen molar-refractivity contribution in [3.63, 3.8) is 0 Å². The molecule has 0 spiro atoms. The van der Waals surface area contributed by atoms with E-state index in [1.54, 1.807) is 32.3 Å². The van der Waals surface area contributed by atoms with Crippen LogP contribution in [0, 0.1) is 19.3 Å². The maximum Gasteiger partial charge on any atom is 0.416 e. The van der Waals surface area contributed by atoms with Gasteiger partial charge in [-0.05, 0) is 111 Å². The van der Waals surface area contributed by atoms with Gasteiger partial charge in [-0.25, -0.2) is 15.0 Å². The molecule has 4 heterocycles. The van der Waals surface area contributed by atoms with Crippen molar-refractivity contribution < 1.29 is 42.2 Å². The Bertz CT molecular complexity index is 2810. The number of aryl methyl sites for hydroxylation is 2. The number of methoxy groups -OCH3 is 1. The van der Waals surface area contributed by atoms with E-state index in [-0.39, 0.29) is 54.8 Å². The Hall–Kier alpha value is -6.34. The van der Waals surface area contributed by atoms with Gasteiger partial charge in [-0.2, -0.15) is 13.2 Å². The third kappa shape index (κ3) is 13.5. The number of alkyl halides is 3. The third-order valence-electron chi connectivity index (χ3n) is 14.2. The Morgan fingerprint density at radius 3 is 2.22 bits per heavy atom. The monoisotopic (exact) mass is 1040 g/mol. The highest BCUT2D eigenvalue weighted by molar-refractivity contribution is 7.13. The van der Waals surface area contributed by atoms with E-state index in [2.05, 4.69) is 30.9 Å². The maximum absolute atomic E-state index is 14.2. The minimum Gasteiger partial charge on any atom is -0.496 e. The number of nitrogens with one attached hydrogen (secondary N) is 3. The summed E-state index contributed by atoms with van der Waals surface area (Å²) in [7, 11) is 1.60. The summed E-state index contributed by atoms with van der Waals surface area (Å²) in [6.45, 7) is 14.0. The average Bonchev–Trinajstić information content (AvgIpc) is 3.97. The third-order valence-corrected chi connectivity index (χ3v) is 15.2. The zero-order valence-corrected chi connectivity index (χ0v) is 44.4. The number of fused-ring (bicyclic) bond motifs is 1. The second-order valence-electron chi connectivity index (χ2n) is 20.9. The number of ether oxygens (including phenoxy) is 1. The Kier molecular flexibility index (Phi) is 17.6. The van der Waals surface area contributed by atoms with Crippen molar-refractivity contribution >= 4 is 57.4 Å². The standard InChI is InChI=1S/C55H70F3N9O6S/c1-31(35-15-17-37(18-16-35)49-33(3)60-30-74-49)62-52(71)45-26-41(68)29-67(45)53(72)50(54(5,6)7)65-47(69)13-11-9-10-12-14-48(70)66-21-19-36(20-22-66)42-27-43-44(28-46(42)73-8)63-34(4)64-51(43)61-32(2)38-23-39(55(56,57)58)25-40(59)24-38/h15-18,23-25,27-28,30-32,36,41,45,50,68H,9-14,19-22,26,29,59H2,1-8H3,(H,62,71)(H,65,69)(H,61,63,64)/t31-,32+,41+,45-,50+/m0/s1. The van der Waals surface area contributed by atoms with Gasteiger partial charge >= 0.3 is 6.18 Å². The Morgan fingerprint density at radius 1 is 0.892 bits per heavy atom. The number of halogens is 3. The molecule has 6 N–H and O–H groups in total. The number of β-amino-alcohol motifs (C(OH)–C–C–N with tert-alkyl or cyclic N) is 1. The number of anilines is 2. The number of aliphatic hydroxyl groups is 1. The lowest BCUT2D eigenvalue weighted by Gasteiger charge is -2.35. The largest absolute Gasteiger partial charge is 0.496 e. The van der Waals surface area contributed by atoms with Crippen molar-refractivity contribution in [1.29, 1.82) is 0 Å². The molecule has 0 unspecified atom stereocenters. The van der Waals surface area contributed by atoms with Gasteiger partial charge in [0.25, 0.3) is 0 Å². The highest BCUT2D eigenvalue weighted by atomic mass is 32.1. The van der Waals surface area contributed by atoms with Gasteiger partial charge in [0.1, 0.15) is 29.5 Å². The number of nitrogens with zero attached hydrogens (tertiary/aromatic N) is 5. The van der Waals surface area contributed by atoms with Gasteiger partial charge in [0, 0.05) is 56.0 Å². The fourth-order valence-electron chi connectivity index (χ4n) is 10.0. The minimum atomic E-state index is -4.55. The number of hydrogen-bond acceptors (Lipinski definition) is 12. The second-order valence-corrected chi connectivity index (χ2v) is 21.8. The molecule has 4 amide bonds. The molecule has 15 nitrogen and oxygen atoms in total. The molecule has 0 aliphatic carbocycles. The van der Waals surface area contributed by atoms with Crippen LogP contribution in [0.1, 0.15) is 144 Å². The summed E-state index contributed by atoms with van der Waals surface area (Å²) in [6, 6.07) is 12.5. The molecule has 5 atom stereocenters. The van der Waals surface area contributed by atoms with E-state index < -0.39 is 47.3 Å². The first-order chi connectivity index (χ1) is 35.0. The van der Waals surface area contributed by atoms with E-state index in [9.17, 15) is 37.5 Å². The lowest BCUT2D eigenvalue weighted by Crippen LogP contribution is -2.57. The Labute approximate surface area is 435 Å².